The van der Waals surface area contributed by atoms with Crippen molar-refractivity contribution in [1.82, 2.24) is 4.72 Å². The Balaban J connectivity index is 2.44. The van der Waals surface area contributed by atoms with Crippen LogP contribution in [0.4, 0.5) is 0 Å². The van der Waals surface area contributed by atoms with E-state index < -0.39 is 21.5 Å². The molecule has 2 aromatic rings. The number of carbonyl (C=O) groups excluding carboxylic acids is 1. The molecule has 2 aromatic carbocycles. The molecule has 0 saturated carbocycles. The van der Waals surface area contributed by atoms with E-state index in [1.165, 1.54) is 31.2 Å². The predicted molar refractivity (Wildman–Crippen MR) is 84.8 cm³/mol. The van der Waals surface area contributed by atoms with Crippen molar-refractivity contribution in [2.45, 2.75) is 17.4 Å². The van der Waals surface area contributed by atoms with E-state index in [1.54, 1.807) is 30.3 Å². The number of nitrogens with one attached hydrogen (secondary N) is 1. The monoisotopic (exact) mass is 338 g/mol. The lowest BCUT2D eigenvalue weighted by molar-refractivity contribution is -0.123. The van der Waals surface area contributed by atoms with E-state index in [-0.39, 0.29) is 4.90 Å². The highest BCUT2D eigenvalue weighted by atomic mass is 35.5. The fourth-order valence-electron chi connectivity index (χ4n) is 1.96. The molecule has 0 unspecified atom stereocenters. The Hall–Kier alpha value is -1.89. The van der Waals surface area contributed by atoms with Crippen LogP contribution in [0, 0.1) is 0 Å². The Bertz CT molecular complexity index is 776. The first kappa shape index (κ1) is 16.5. The van der Waals surface area contributed by atoms with Gasteiger partial charge in [-0.2, -0.15) is 4.72 Å². The first-order valence-corrected chi connectivity index (χ1v) is 8.27. The van der Waals surface area contributed by atoms with Crippen molar-refractivity contribution in [3.63, 3.8) is 0 Å². The zero-order valence-electron chi connectivity index (χ0n) is 11.8. The highest BCUT2D eigenvalue weighted by Crippen LogP contribution is 2.24. The van der Waals surface area contributed by atoms with Crippen molar-refractivity contribution < 1.29 is 13.2 Å². The van der Waals surface area contributed by atoms with Crippen LogP contribution in [0.2, 0.25) is 5.02 Å². The second-order valence-corrected chi connectivity index (χ2v) is 7.03. The minimum atomic E-state index is -3.94. The Morgan fingerprint density at radius 3 is 2.14 bits per heavy atom. The van der Waals surface area contributed by atoms with Crippen LogP contribution in [0.25, 0.3) is 0 Å². The largest absolute Gasteiger partial charge is 0.368 e. The first-order chi connectivity index (χ1) is 10.3. The standard InChI is InChI=1S/C15H15ClN2O3S/c1-15(14(17)19,11-5-3-2-4-6-11)18-22(20,21)13-9-7-12(16)8-10-13/h2-10,18H,1H3,(H2,17,19)/t15-/m1/s1. The van der Waals surface area contributed by atoms with Gasteiger partial charge in [-0.05, 0) is 36.8 Å². The molecule has 3 N–H and O–H groups in total. The van der Waals surface area contributed by atoms with Gasteiger partial charge in [-0.25, -0.2) is 8.42 Å². The van der Waals surface area contributed by atoms with Crippen LogP contribution >= 0.6 is 11.6 Å². The van der Waals surface area contributed by atoms with Crippen molar-refractivity contribution in [2.75, 3.05) is 0 Å². The van der Waals surface area contributed by atoms with Crippen molar-refractivity contribution in [3.8, 4) is 0 Å². The van der Waals surface area contributed by atoms with E-state index in [0.717, 1.165) is 0 Å². The molecule has 0 aromatic heterocycles. The van der Waals surface area contributed by atoms with Gasteiger partial charge in [-0.15, -0.1) is 0 Å². The molecule has 2 rings (SSSR count). The maximum absolute atomic E-state index is 12.5. The molecule has 7 heteroatoms. The zero-order valence-corrected chi connectivity index (χ0v) is 13.4. The Kier molecular flexibility index (Phi) is 4.55. The van der Waals surface area contributed by atoms with Gasteiger partial charge in [0, 0.05) is 5.02 Å². The molecule has 0 spiro atoms. The summed E-state index contributed by atoms with van der Waals surface area (Å²) in [7, 11) is -3.94. The summed E-state index contributed by atoms with van der Waals surface area (Å²) in [5.74, 6) is -0.795. The summed E-state index contributed by atoms with van der Waals surface area (Å²) in [5.41, 5.74) is 4.33. The first-order valence-electron chi connectivity index (χ1n) is 6.41. The summed E-state index contributed by atoms with van der Waals surface area (Å²) < 4.78 is 27.3. The second-order valence-electron chi connectivity index (χ2n) is 4.91. The molecular formula is C15H15ClN2O3S. The van der Waals surface area contributed by atoms with Gasteiger partial charge in [-0.1, -0.05) is 41.9 Å². The number of amides is 1. The van der Waals surface area contributed by atoms with Gasteiger partial charge >= 0.3 is 0 Å². The van der Waals surface area contributed by atoms with Crippen molar-refractivity contribution in [1.29, 1.82) is 0 Å². The number of halogens is 1. The average Bonchev–Trinajstić information content (AvgIpc) is 2.48. The summed E-state index contributed by atoms with van der Waals surface area (Å²) in [5, 5.41) is 0.416. The van der Waals surface area contributed by atoms with E-state index in [4.69, 9.17) is 17.3 Å². The zero-order chi connectivity index (χ0) is 16.4. The number of primary amides is 1. The molecule has 0 bridgehead atoms. The van der Waals surface area contributed by atoms with Gasteiger partial charge in [0.25, 0.3) is 0 Å². The fraction of sp³-hybridized carbons (Fsp3) is 0.133. The van der Waals surface area contributed by atoms with Gasteiger partial charge in [0.1, 0.15) is 5.54 Å². The van der Waals surface area contributed by atoms with Crippen LogP contribution in [0.3, 0.4) is 0 Å². The quantitative estimate of drug-likeness (QED) is 0.874. The molecule has 116 valence electrons. The molecule has 0 fully saturated rings. The Labute approximate surface area is 134 Å². The molecule has 0 heterocycles. The van der Waals surface area contributed by atoms with Gasteiger partial charge in [0.2, 0.25) is 15.9 Å². The topological polar surface area (TPSA) is 89.3 Å². The van der Waals surface area contributed by atoms with Gasteiger partial charge in [0.15, 0.2) is 0 Å². The molecular weight excluding hydrogens is 324 g/mol. The third-order valence-electron chi connectivity index (χ3n) is 3.31. The third-order valence-corrected chi connectivity index (χ3v) is 5.13. The molecule has 22 heavy (non-hydrogen) atoms. The fourth-order valence-corrected chi connectivity index (χ4v) is 3.46. The van der Waals surface area contributed by atoms with Gasteiger partial charge < -0.3 is 5.73 Å². The van der Waals surface area contributed by atoms with Crippen LogP contribution in [0.15, 0.2) is 59.5 Å². The summed E-state index contributed by atoms with van der Waals surface area (Å²) in [6.45, 7) is 1.43. The molecule has 0 aliphatic rings. The number of hydrogen-bond acceptors (Lipinski definition) is 3. The van der Waals surface area contributed by atoms with Crippen molar-refractivity contribution >= 4 is 27.5 Å². The molecule has 0 aliphatic heterocycles. The highest BCUT2D eigenvalue weighted by Gasteiger charge is 2.37. The van der Waals surface area contributed by atoms with E-state index in [0.29, 0.717) is 10.6 Å². The Morgan fingerprint density at radius 1 is 1.09 bits per heavy atom. The lowest BCUT2D eigenvalue weighted by Gasteiger charge is -2.27. The van der Waals surface area contributed by atoms with Crippen LogP contribution in [-0.2, 0) is 20.4 Å². The van der Waals surface area contributed by atoms with E-state index in [2.05, 4.69) is 4.72 Å². The predicted octanol–water partition coefficient (Wildman–Crippen LogP) is 2.02. The maximum atomic E-state index is 12.5. The van der Waals surface area contributed by atoms with Crippen LogP contribution in [0.1, 0.15) is 12.5 Å². The van der Waals surface area contributed by atoms with Crippen LogP contribution in [-0.4, -0.2) is 14.3 Å². The lowest BCUT2D eigenvalue weighted by Crippen LogP contribution is -2.52. The number of hydrogen-bond donors (Lipinski definition) is 2. The molecule has 0 radical (unpaired) electrons. The van der Waals surface area contributed by atoms with Crippen LogP contribution in [0.5, 0.6) is 0 Å². The number of rotatable bonds is 5. The average molecular weight is 339 g/mol. The number of sulfonamides is 1. The highest BCUT2D eigenvalue weighted by molar-refractivity contribution is 7.89. The Morgan fingerprint density at radius 2 is 1.64 bits per heavy atom. The van der Waals surface area contributed by atoms with Gasteiger partial charge in [-0.3, -0.25) is 4.79 Å². The van der Waals surface area contributed by atoms with Crippen molar-refractivity contribution in [2.24, 2.45) is 5.73 Å². The maximum Gasteiger partial charge on any atom is 0.243 e. The normalized spacial score (nSPS) is 14.3. The molecule has 0 saturated heterocycles. The van der Waals surface area contributed by atoms with E-state index >= 15 is 0 Å². The summed E-state index contributed by atoms with van der Waals surface area (Å²) in [6, 6.07) is 14.1. The second kappa shape index (κ2) is 6.08. The third kappa shape index (κ3) is 3.30. The van der Waals surface area contributed by atoms with Crippen LogP contribution < -0.4 is 10.5 Å². The number of benzene rings is 2. The number of carbonyl (C=O) groups is 1. The smallest absolute Gasteiger partial charge is 0.243 e. The summed E-state index contributed by atoms with van der Waals surface area (Å²) in [6.07, 6.45) is 0. The van der Waals surface area contributed by atoms with E-state index in [1.807, 2.05) is 0 Å². The molecule has 1 atom stereocenters. The SMILES string of the molecule is C[C@](NS(=O)(=O)c1ccc(Cl)cc1)(C(N)=O)c1ccccc1. The molecule has 5 nitrogen and oxygen atoms in total. The van der Waals surface area contributed by atoms with Crippen molar-refractivity contribution in [3.05, 3.63) is 65.2 Å². The minimum Gasteiger partial charge on any atom is -0.368 e. The summed E-state index contributed by atoms with van der Waals surface area (Å²) >= 11 is 5.75. The minimum absolute atomic E-state index is 0.000283. The van der Waals surface area contributed by atoms with E-state index in [9.17, 15) is 13.2 Å². The molecule has 1 amide bonds. The molecule has 0 aliphatic carbocycles. The summed E-state index contributed by atoms with van der Waals surface area (Å²) in [4.78, 5) is 11.9. The van der Waals surface area contributed by atoms with Gasteiger partial charge in [0.05, 0.1) is 4.90 Å². The number of nitrogens with two attached hydrogens (primary N) is 1. The lowest BCUT2D eigenvalue weighted by atomic mass is 9.93.